The Labute approximate surface area is 78.3 Å². The first-order valence-electron chi connectivity index (χ1n) is 4.79. The second kappa shape index (κ2) is 3.01. The fourth-order valence-electron chi connectivity index (χ4n) is 1.83. The van der Waals surface area contributed by atoms with E-state index in [1.54, 1.807) is 10.9 Å². The van der Waals surface area contributed by atoms with Crippen LogP contribution in [0.4, 0.5) is 5.82 Å². The molecule has 1 aliphatic carbocycles. The first-order chi connectivity index (χ1) is 6.18. The van der Waals surface area contributed by atoms with Gasteiger partial charge in [-0.2, -0.15) is 0 Å². The molecule has 1 heterocycles. The molecule has 3 unspecified atom stereocenters. The van der Waals surface area contributed by atoms with Crippen molar-refractivity contribution < 1.29 is 0 Å². The molecule has 1 aromatic heterocycles. The standard InChI is InChI=1S/C9H16N4/c1-6-4-8(7(6)2)11-9-5-10-12-13(9)3/h5-8,11H,4H2,1-3H3. The maximum Gasteiger partial charge on any atom is 0.144 e. The van der Waals surface area contributed by atoms with Crippen LogP contribution in [0, 0.1) is 11.8 Å². The van der Waals surface area contributed by atoms with E-state index in [1.807, 2.05) is 7.05 Å². The Morgan fingerprint density at radius 1 is 1.54 bits per heavy atom. The van der Waals surface area contributed by atoms with Gasteiger partial charge in [-0.3, -0.25) is 0 Å². The van der Waals surface area contributed by atoms with Gasteiger partial charge in [-0.25, -0.2) is 4.68 Å². The Kier molecular flexibility index (Phi) is 1.98. The summed E-state index contributed by atoms with van der Waals surface area (Å²) in [7, 11) is 1.90. The Morgan fingerprint density at radius 3 is 2.77 bits per heavy atom. The molecule has 13 heavy (non-hydrogen) atoms. The minimum absolute atomic E-state index is 0.604. The van der Waals surface area contributed by atoms with E-state index in [2.05, 4.69) is 29.5 Å². The van der Waals surface area contributed by atoms with E-state index in [0.717, 1.165) is 17.7 Å². The molecule has 1 N–H and O–H groups in total. The van der Waals surface area contributed by atoms with Gasteiger partial charge in [0.2, 0.25) is 0 Å². The average Bonchev–Trinajstić information content (AvgIpc) is 2.51. The van der Waals surface area contributed by atoms with E-state index in [0.29, 0.717) is 6.04 Å². The van der Waals surface area contributed by atoms with Crippen molar-refractivity contribution in [1.29, 1.82) is 0 Å². The maximum atomic E-state index is 3.88. The summed E-state index contributed by atoms with van der Waals surface area (Å²) in [4.78, 5) is 0. The molecular weight excluding hydrogens is 164 g/mol. The van der Waals surface area contributed by atoms with E-state index in [1.165, 1.54) is 6.42 Å². The summed E-state index contributed by atoms with van der Waals surface area (Å²) in [6.45, 7) is 4.58. The first-order valence-corrected chi connectivity index (χ1v) is 4.79. The second-order valence-electron chi connectivity index (χ2n) is 4.07. The molecule has 4 nitrogen and oxygen atoms in total. The molecule has 0 bridgehead atoms. The van der Waals surface area contributed by atoms with Crippen molar-refractivity contribution in [2.45, 2.75) is 26.3 Å². The van der Waals surface area contributed by atoms with Gasteiger partial charge in [-0.1, -0.05) is 19.1 Å². The zero-order valence-electron chi connectivity index (χ0n) is 8.36. The molecule has 1 aliphatic rings. The summed E-state index contributed by atoms with van der Waals surface area (Å²) >= 11 is 0. The zero-order chi connectivity index (χ0) is 9.42. The molecule has 0 amide bonds. The van der Waals surface area contributed by atoms with E-state index >= 15 is 0 Å². The fourth-order valence-corrected chi connectivity index (χ4v) is 1.83. The van der Waals surface area contributed by atoms with Gasteiger partial charge >= 0.3 is 0 Å². The molecule has 4 heteroatoms. The van der Waals surface area contributed by atoms with Crippen LogP contribution in [0.1, 0.15) is 20.3 Å². The number of anilines is 1. The Hall–Kier alpha value is -1.06. The normalized spacial score (nSPS) is 32.7. The van der Waals surface area contributed by atoms with Crippen LogP contribution in [-0.2, 0) is 7.05 Å². The van der Waals surface area contributed by atoms with Crippen molar-refractivity contribution in [2.24, 2.45) is 18.9 Å². The Morgan fingerprint density at radius 2 is 2.31 bits per heavy atom. The first kappa shape index (κ1) is 8.53. The molecule has 0 spiro atoms. The number of rotatable bonds is 2. The van der Waals surface area contributed by atoms with Crippen LogP contribution >= 0.6 is 0 Å². The molecule has 1 saturated carbocycles. The molecule has 3 atom stereocenters. The van der Waals surface area contributed by atoms with Crippen LogP contribution in [0.15, 0.2) is 6.20 Å². The van der Waals surface area contributed by atoms with Crippen molar-refractivity contribution >= 4 is 5.82 Å². The van der Waals surface area contributed by atoms with Crippen LogP contribution in [0.2, 0.25) is 0 Å². The fraction of sp³-hybridized carbons (Fsp3) is 0.778. The Balaban J connectivity index is 1.97. The van der Waals surface area contributed by atoms with Crippen LogP contribution in [-0.4, -0.2) is 21.0 Å². The number of nitrogens with zero attached hydrogens (tertiary/aromatic N) is 3. The number of hydrogen-bond acceptors (Lipinski definition) is 3. The number of hydrogen-bond donors (Lipinski definition) is 1. The minimum Gasteiger partial charge on any atom is -0.366 e. The van der Waals surface area contributed by atoms with Crippen LogP contribution in [0.25, 0.3) is 0 Å². The number of aromatic nitrogens is 3. The summed E-state index contributed by atoms with van der Waals surface area (Å²) < 4.78 is 1.77. The van der Waals surface area contributed by atoms with E-state index in [-0.39, 0.29) is 0 Å². The van der Waals surface area contributed by atoms with Crippen LogP contribution < -0.4 is 5.32 Å². The van der Waals surface area contributed by atoms with E-state index < -0.39 is 0 Å². The molecule has 0 aromatic carbocycles. The van der Waals surface area contributed by atoms with Gasteiger partial charge in [0.05, 0.1) is 6.20 Å². The van der Waals surface area contributed by atoms with Gasteiger partial charge in [0, 0.05) is 13.1 Å². The predicted octanol–water partition coefficient (Wildman–Crippen LogP) is 1.27. The number of nitrogens with one attached hydrogen (secondary N) is 1. The second-order valence-corrected chi connectivity index (χ2v) is 4.07. The summed E-state index contributed by atoms with van der Waals surface area (Å²) in [6, 6.07) is 0.604. The van der Waals surface area contributed by atoms with Crippen molar-refractivity contribution in [2.75, 3.05) is 5.32 Å². The summed E-state index contributed by atoms with van der Waals surface area (Å²) in [5.74, 6) is 2.62. The topological polar surface area (TPSA) is 42.7 Å². The third-order valence-electron chi connectivity index (χ3n) is 3.21. The molecule has 0 saturated heterocycles. The number of aryl methyl sites for hydroxylation is 1. The van der Waals surface area contributed by atoms with Gasteiger partial charge in [-0.15, -0.1) is 5.10 Å². The van der Waals surface area contributed by atoms with Crippen molar-refractivity contribution in [3.8, 4) is 0 Å². The monoisotopic (exact) mass is 180 g/mol. The lowest BCUT2D eigenvalue weighted by atomic mass is 9.71. The van der Waals surface area contributed by atoms with E-state index in [9.17, 15) is 0 Å². The van der Waals surface area contributed by atoms with Crippen LogP contribution in [0.3, 0.4) is 0 Å². The molecule has 0 radical (unpaired) electrons. The van der Waals surface area contributed by atoms with Gasteiger partial charge in [0.15, 0.2) is 0 Å². The maximum absolute atomic E-state index is 3.88. The SMILES string of the molecule is CC1CC(Nc2cnnn2C)C1C. The molecular formula is C9H16N4. The molecule has 1 aromatic rings. The third-order valence-corrected chi connectivity index (χ3v) is 3.21. The van der Waals surface area contributed by atoms with E-state index in [4.69, 9.17) is 0 Å². The predicted molar refractivity (Wildman–Crippen MR) is 51.4 cm³/mol. The lowest BCUT2D eigenvalue weighted by Crippen LogP contribution is -2.43. The lowest BCUT2D eigenvalue weighted by Gasteiger charge is -2.41. The molecule has 2 rings (SSSR count). The third kappa shape index (κ3) is 1.41. The van der Waals surface area contributed by atoms with Crippen molar-refractivity contribution in [3.63, 3.8) is 0 Å². The summed E-state index contributed by atoms with van der Waals surface area (Å²) in [5, 5.41) is 11.1. The van der Waals surface area contributed by atoms with Gasteiger partial charge in [0.25, 0.3) is 0 Å². The molecule has 72 valence electrons. The highest BCUT2D eigenvalue weighted by Gasteiger charge is 2.34. The van der Waals surface area contributed by atoms with Gasteiger partial charge < -0.3 is 5.32 Å². The molecule has 0 aliphatic heterocycles. The largest absolute Gasteiger partial charge is 0.366 e. The van der Waals surface area contributed by atoms with Crippen molar-refractivity contribution in [3.05, 3.63) is 6.20 Å². The average molecular weight is 180 g/mol. The van der Waals surface area contributed by atoms with Crippen LogP contribution in [0.5, 0.6) is 0 Å². The van der Waals surface area contributed by atoms with Gasteiger partial charge in [0.1, 0.15) is 5.82 Å². The summed E-state index contributed by atoms with van der Waals surface area (Å²) in [6.07, 6.45) is 3.03. The smallest absolute Gasteiger partial charge is 0.144 e. The Bertz CT molecular complexity index is 294. The quantitative estimate of drug-likeness (QED) is 0.745. The van der Waals surface area contributed by atoms with Gasteiger partial charge in [-0.05, 0) is 18.3 Å². The zero-order valence-corrected chi connectivity index (χ0v) is 8.36. The highest BCUT2D eigenvalue weighted by Crippen LogP contribution is 2.35. The lowest BCUT2D eigenvalue weighted by molar-refractivity contribution is 0.188. The summed E-state index contributed by atoms with van der Waals surface area (Å²) in [5.41, 5.74) is 0. The molecule has 1 fully saturated rings. The highest BCUT2D eigenvalue weighted by atomic mass is 15.4. The highest BCUT2D eigenvalue weighted by molar-refractivity contribution is 5.33. The van der Waals surface area contributed by atoms with Crippen molar-refractivity contribution in [1.82, 2.24) is 15.0 Å². The minimum atomic E-state index is 0.604.